The first-order chi connectivity index (χ1) is 31.7. The molecule has 8 aromatic rings. The number of ether oxygens (including phenoxy) is 1. The minimum atomic E-state index is -0.357. The summed E-state index contributed by atoms with van der Waals surface area (Å²) in [6.45, 7) is 3.65. The highest BCUT2D eigenvalue weighted by Crippen LogP contribution is 2.27. The molecule has 6 aromatic heterocycles. The Morgan fingerprint density at radius 2 is 1.06 bits per heavy atom. The maximum Gasteiger partial charge on any atom is 0.369 e. The molecule has 0 bridgehead atoms. The van der Waals surface area contributed by atoms with Gasteiger partial charge in [-0.3, -0.25) is 9.97 Å². The van der Waals surface area contributed by atoms with Crippen LogP contribution in [0.3, 0.4) is 0 Å². The fraction of sp³-hybridized carbons (Fsp3) is 0.256. The average Bonchev–Trinajstić information content (AvgIpc) is 3.94. The highest BCUT2D eigenvalue weighted by atomic mass is 79.9. The molecule has 0 radical (unpaired) electrons. The standard InChI is InChI=1S/C22H23FN6OS.C21H21FN6OS.BBr3/c1-30-18-7-3-2-5-15(18)8-11-24-12-9-19-29-20-21(27-14-28-22(20)31-19)26-13-17-16(23)6-4-10-25-17;22-15-5-3-9-24-16(15)12-25-20-19-21(27-13-26-20)30-18(28-19)8-11-23-10-7-14-4-1-2-6-17(14)29;2-1(3)4/h2-7,10,14,24H,8-9,11-13H2,1H3,(H,26,27,28);1-6,9,13,23,29H,7-8,10-12H2,(H,25,26,27);. The van der Waals surface area contributed by atoms with Crippen LogP contribution < -0.4 is 26.0 Å². The number of aromatic nitrogens is 8. The lowest BCUT2D eigenvalue weighted by atomic mass is 10.1. The third kappa shape index (κ3) is 15.6. The molecule has 338 valence electrons. The molecule has 22 heteroatoms. The normalized spacial score (nSPS) is 10.8. The molecule has 0 saturated heterocycles. The maximum absolute atomic E-state index is 13.8. The predicted molar refractivity (Wildman–Crippen MR) is 268 cm³/mol. The van der Waals surface area contributed by atoms with Gasteiger partial charge < -0.3 is 31.1 Å². The topological polar surface area (TPSA) is 181 Å². The zero-order valence-corrected chi connectivity index (χ0v) is 41.4. The first-order valence-corrected chi connectivity index (χ1v) is 24.7. The first kappa shape index (κ1) is 49.6. The van der Waals surface area contributed by atoms with Crippen molar-refractivity contribution in [1.82, 2.24) is 50.5 Å². The van der Waals surface area contributed by atoms with Gasteiger partial charge >= 0.3 is 3.18 Å². The monoisotopic (exact) mass is 1110 g/mol. The number of fused-ring (bicyclic) bond motifs is 2. The minimum Gasteiger partial charge on any atom is -0.508 e. The lowest BCUT2D eigenvalue weighted by Crippen LogP contribution is -2.20. The summed E-state index contributed by atoms with van der Waals surface area (Å²) in [5, 5.41) is 24.8. The summed E-state index contributed by atoms with van der Waals surface area (Å²) < 4.78 is 33.2. The van der Waals surface area contributed by atoms with Gasteiger partial charge in [-0.1, -0.05) is 59.1 Å². The van der Waals surface area contributed by atoms with E-state index in [1.807, 2.05) is 36.4 Å². The number of aromatic hydroxyl groups is 1. The van der Waals surface area contributed by atoms with Crippen LogP contribution in [0.1, 0.15) is 32.5 Å². The van der Waals surface area contributed by atoms with E-state index in [-0.39, 0.29) is 27.9 Å². The summed E-state index contributed by atoms with van der Waals surface area (Å²) in [6, 6.07) is 21.3. The van der Waals surface area contributed by atoms with Gasteiger partial charge in [0.05, 0.1) is 41.6 Å². The Labute approximate surface area is 408 Å². The van der Waals surface area contributed by atoms with Gasteiger partial charge in [-0.05, 0) is 73.5 Å². The van der Waals surface area contributed by atoms with Crippen LogP contribution in [0.15, 0.2) is 97.8 Å². The summed E-state index contributed by atoms with van der Waals surface area (Å²) in [4.78, 5) is 36.2. The number of halogens is 5. The number of phenols is 1. The quantitative estimate of drug-likeness (QED) is 0.0382. The molecule has 0 saturated carbocycles. The van der Waals surface area contributed by atoms with Crippen LogP contribution in [0.5, 0.6) is 11.5 Å². The van der Waals surface area contributed by atoms with Crippen LogP contribution in [-0.4, -0.2) is 81.5 Å². The number of benzene rings is 2. The Balaban J connectivity index is 0.000000199. The van der Waals surface area contributed by atoms with Crippen LogP contribution >= 0.6 is 69.9 Å². The van der Waals surface area contributed by atoms with Gasteiger partial charge in [0.2, 0.25) is 0 Å². The number of anilines is 2. The minimum absolute atomic E-state index is 0.222. The van der Waals surface area contributed by atoms with E-state index in [1.54, 1.807) is 49.0 Å². The SMILES string of the molecule is BrB(Br)Br.COc1ccccc1CCNCCc1nc2c(NCc3ncccc3F)ncnc2s1.Oc1ccccc1CCNCCc1nc2c(NCc3ncccc3F)ncnc2s1. The van der Waals surface area contributed by atoms with Crippen molar-refractivity contribution in [2.24, 2.45) is 0 Å². The van der Waals surface area contributed by atoms with Crippen molar-refractivity contribution < 1.29 is 18.6 Å². The van der Waals surface area contributed by atoms with E-state index in [0.717, 1.165) is 82.9 Å². The molecule has 0 aliphatic carbocycles. The third-order valence-corrected chi connectivity index (χ3v) is 11.4. The molecule has 5 N–H and O–H groups in total. The molecule has 0 aliphatic heterocycles. The lowest BCUT2D eigenvalue weighted by Gasteiger charge is -2.08. The van der Waals surface area contributed by atoms with Crippen molar-refractivity contribution in [3.05, 3.63) is 142 Å². The van der Waals surface area contributed by atoms with Gasteiger partial charge in [-0.25, -0.2) is 38.7 Å². The highest BCUT2D eigenvalue weighted by Gasteiger charge is 2.14. The highest BCUT2D eigenvalue weighted by molar-refractivity contribution is 9.69. The Morgan fingerprint density at radius 3 is 1.55 bits per heavy atom. The molecule has 6 heterocycles. The lowest BCUT2D eigenvalue weighted by molar-refractivity contribution is 0.409. The predicted octanol–water partition coefficient (Wildman–Crippen LogP) is 9.08. The first-order valence-electron chi connectivity index (χ1n) is 20.3. The molecular formula is C43H44BBr3F2N12O2S2. The summed E-state index contributed by atoms with van der Waals surface area (Å²) >= 11 is 12.4. The fourth-order valence-electron chi connectivity index (χ4n) is 6.22. The van der Waals surface area contributed by atoms with Gasteiger partial charge in [0.25, 0.3) is 0 Å². The Bertz CT molecular complexity index is 2720. The summed E-state index contributed by atoms with van der Waals surface area (Å²) in [6.07, 6.45) is 9.31. The van der Waals surface area contributed by atoms with Crippen molar-refractivity contribution in [2.75, 3.05) is 43.9 Å². The van der Waals surface area contributed by atoms with Crippen molar-refractivity contribution >= 4 is 105 Å². The van der Waals surface area contributed by atoms with E-state index < -0.39 is 0 Å². The zero-order valence-electron chi connectivity index (χ0n) is 35.0. The van der Waals surface area contributed by atoms with E-state index >= 15 is 0 Å². The molecule has 65 heavy (non-hydrogen) atoms. The van der Waals surface area contributed by atoms with Crippen molar-refractivity contribution in [2.45, 2.75) is 38.8 Å². The smallest absolute Gasteiger partial charge is 0.369 e. The van der Waals surface area contributed by atoms with E-state index in [1.165, 1.54) is 41.7 Å². The number of para-hydroxylation sites is 2. The second kappa shape index (κ2) is 26.3. The van der Waals surface area contributed by atoms with Crippen molar-refractivity contribution in [1.29, 1.82) is 0 Å². The number of nitrogens with zero attached hydrogens (tertiary/aromatic N) is 8. The molecule has 0 aliphatic rings. The van der Waals surface area contributed by atoms with E-state index in [0.29, 0.717) is 39.8 Å². The number of methoxy groups -OCH3 is 1. The van der Waals surface area contributed by atoms with E-state index in [4.69, 9.17) is 4.74 Å². The van der Waals surface area contributed by atoms with E-state index in [9.17, 15) is 13.9 Å². The molecule has 0 atom stereocenters. The summed E-state index contributed by atoms with van der Waals surface area (Å²) in [5.74, 6) is 1.69. The second-order valence-corrected chi connectivity index (χ2v) is 22.3. The average molecular weight is 1110 g/mol. The molecule has 8 rings (SSSR count). The molecule has 0 spiro atoms. The van der Waals surface area contributed by atoms with Gasteiger partial charge in [-0.2, -0.15) is 0 Å². The maximum atomic E-state index is 13.8. The van der Waals surface area contributed by atoms with Crippen molar-refractivity contribution in [3.63, 3.8) is 0 Å². The Kier molecular flexibility index (Phi) is 20.1. The largest absolute Gasteiger partial charge is 0.508 e. The number of pyridine rings is 2. The number of hydrogen-bond acceptors (Lipinski definition) is 16. The fourth-order valence-corrected chi connectivity index (χ4v) is 8.02. The molecule has 14 nitrogen and oxygen atoms in total. The number of rotatable bonds is 19. The van der Waals surface area contributed by atoms with Crippen LogP contribution in [0, 0.1) is 11.6 Å². The van der Waals surface area contributed by atoms with Gasteiger partial charge in [0.15, 0.2) is 11.6 Å². The number of nitrogens with one attached hydrogen (secondary N) is 4. The zero-order chi connectivity index (χ0) is 45.8. The molecule has 0 amide bonds. The van der Waals surface area contributed by atoms with Crippen LogP contribution in [0.25, 0.3) is 20.7 Å². The summed E-state index contributed by atoms with van der Waals surface area (Å²) in [7, 11) is 1.69. The number of hydrogen-bond donors (Lipinski definition) is 5. The third-order valence-electron chi connectivity index (χ3n) is 9.35. The Hall–Kier alpha value is -4.84. The summed E-state index contributed by atoms with van der Waals surface area (Å²) in [5.41, 5.74) is 4.17. The second-order valence-electron chi connectivity index (χ2n) is 13.7. The van der Waals surface area contributed by atoms with Gasteiger partial charge in [0, 0.05) is 38.3 Å². The molecular weight excluding hydrogens is 1070 g/mol. The van der Waals surface area contributed by atoms with Crippen LogP contribution in [-0.2, 0) is 38.8 Å². The van der Waals surface area contributed by atoms with Crippen LogP contribution in [0.4, 0.5) is 20.4 Å². The van der Waals surface area contributed by atoms with Gasteiger partial charge in [0.1, 0.15) is 56.5 Å². The van der Waals surface area contributed by atoms with Crippen molar-refractivity contribution in [3.8, 4) is 11.5 Å². The molecule has 0 unspecified atom stereocenters. The van der Waals surface area contributed by atoms with Gasteiger partial charge in [-0.15, -0.1) is 47.3 Å². The molecule has 0 fully saturated rings. The molecule has 2 aromatic carbocycles. The van der Waals surface area contributed by atoms with Crippen LogP contribution in [0.2, 0.25) is 0 Å². The Morgan fingerprint density at radius 1 is 0.600 bits per heavy atom. The number of thiazole rings is 2. The number of phenolic OH excluding ortho intramolecular Hbond substituents is 1. The van der Waals surface area contributed by atoms with E-state index in [2.05, 4.69) is 114 Å².